The smallest absolute Gasteiger partial charge is 0.416 e. The Balaban J connectivity index is 1.29. The molecule has 2 aromatic carbocycles. The Morgan fingerprint density at radius 2 is 1.52 bits per heavy atom. The van der Waals surface area contributed by atoms with E-state index in [0.717, 1.165) is 17.7 Å². The van der Waals surface area contributed by atoms with Gasteiger partial charge in [0.25, 0.3) is 5.91 Å². The summed E-state index contributed by atoms with van der Waals surface area (Å²) in [6.07, 6.45) is 0.754. The molecule has 2 amide bonds. The van der Waals surface area contributed by atoms with Crippen LogP contribution in [0.3, 0.4) is 0 Å². The lowest BCUT2D eigenvalue weighted by Crippen LogP contribution is -2.48. The molecule has 0 spiro atoms. The van der Waals surface area contributed by atoms with Crippen LogP contribution in [-0.2, 0) is 17.5 Å². The summed E-state index contributed by atoms with van der Waals surface area (Å²) in [6.45, 7) is 0.242. The highest BCUT2D eigenvalue weighted by Crippen LogP contribution is 2.36. The molecule has 0 aliphatic heterocycles. The topological polar surface area (TPSA) is 93.2 Å². The summed E-state index contributed by atoms with van der Waals surface area (Å²) in [7, 11) is 0. The normalized spacial score (nSPS) is 14.3. The number of halogens is 3. The van der Waals surface area contributed by atoms with E-state index in [9.17, 15) is 22.8 Å². The fourth-order valence-corrected chi connectivity index (χ4v) is 3.11. The van der Waals surface area contributed by atoms with Crippen molar-refractivity contribution in [1.82, 2.24) is 20.6 Å². The van der Waals surface area contributed by atoms with Gasteiger partial charge in [-0.25, -0.2) is 9.97 Å². The maximum Gasteiger partial charge on any atom is 0.416 e. The minimum atomic E-state index is -4.40. The maximum absolute atomic E-state index is 12.6. The van der Waals surface area contributed by atoms with Gasteiger partial charge >= 0.3 is 6.18 Å². The van der Waals surface area contributed by atoms with Crippen LogP contribution in [0.1, 0.15) is 34.3 Å². The van der Waals surface area contributed by atoms with E-state index in [-0.39, 0.29) is 23.8 Å². The van der Waals surface area contributed by atoms with Crippen molar-refractivity contribution in [2.24, 2.45) is 0 Å². The van der Waals surface area contributed by atoms with Gasteiger partial charge in [0.1, 0.15) is 23.4 Å². The molecule has 1 saturated carbocycles. The fourth-order valence-electron chi connectivity index (χ4n) is 3.11. The van der Waals surface area contributed by atoms with Gasteiger partial charge in [0.15, 0.2) is 0 Å². The standard InChI is InChI=1S/C23H19F3N4O3/c24-23(25,26)17-3-7-19(8-4-17)33-18-5-1-15(2-6-18)11-29-21(32)22(9-10-22)30-20(31)16-12-27-14-28-13-16/h1-8,12-14H,9-11H2,(H,29,32)(H,30,31). The van der Waals surface area contributed by atoms with Crippen LogP contribution in [0, 0.1) is 0 Å². The van der Waals surface area contributed by atoms with E-state index in [1.165, 1.54) is 30.9 Å². The van der Waals surface area contributed by atoms with Crippen LogP contribution in [0.4, 0.5) is 13.2 Å². The zero-order chi connectivity index (χ0) is 23.5. The third kappa shape index (κ3) is 5.46. The molecular weight excluding hydrogens is 437 g/mol. The number of rotatable bonds is 7. The molecule has 7 nitrogen and oxygen atoms in total. The molecule has 1 heterocycles. The van der Waals surface area contributed by atoms with Gasteiger partial charge in [-0.3, -0.25) is 9.59 Å². The first-order valence-corrected chi connectivity index (χ1v) is 10.1. The molecule has 0 unspecified atom stereocenters. The third-order valence-electron chi connectivity index (χ3n) is 5.15. The molecule has 1 aromatic heterocycles. The number of nitrogens with one attached hydrogen (secondary N) is 2. The Hall–Kier alpha value is -3.95. The number of ether oxygens (including phenoxy) is 1. The van der Waals surface area contributed by atoms with Crippen LogP contribution in [0.15, 0.2) is 67.3 Å². The highest BCUT2D eigenvalue weighted by molar-refractivity contribution is 6.00. The van der Waals surface area contributed by atoms with E-state index < -0.39 is 23.2 Å². The number of nitrogens with zero attached hydrogens (tertiary/aromatic N) is 2. The van der Waals surface area contributed by atoms with Crippen molar-refractivity contribution in [3.05, 3.63) is 83.9 Å². The second-order valence-corrected chi connectivity index (χ2v) is 7.61. The molecule has 0 bridgehead atoms. The van der Waals surface area contributed by atoms with E-state index in [0.29, 0.717) is 18.6 Å². The minimum absolute atomic E-state index is 0.242. The molecule has 10 heteroatoms. The van der Waals surface area contributed by atoms with Gasteiger partial charge in [-0.15, -0.1) is 0 Å². The minimum Gasteiger partial charge on any atom is -0.457 e. The van der Waals surface area contributed by atoms with Crippen molar-refractivity contribution in [3.8, 4) is 11.5 Å². The van der Waals surface area contributed by atoms with Crippen LogP contribution >= 0.6 is 0 Å². The molecule has 0 radical (unpaired) electrons. The molecule has 3 aromatic rings. The highest BCUT2D eigenvalue weighted by atomic mass is 19.4. The first-order chi connectivity index (χ1) is 15.7. The number of benzene rings is 2. The predicted molar refractivity (Wildman–Crippen MR) is 111 cm³/mol. The number of amides is 2. The average Bonchev–Trinajstić information content (AvgIpc) is 3.59. The van der Waals surface area contributed by atoms with Crippen LogP contribution in [0.5, 0.6) is 11.5 Å². The highest BCUT2D eigenvalue weighted by Gasteiger charge is 2.51. The lowest BCUT2D eigenvalue weighted by molar-refractivity contribution is -0.137. The van der Waals surface area contributed by atoms with E-state index >= 15 is 0 Å². The summed E-state index contributed by atoms with van der Waals surface area (Å²) in [6, 6.07) is 11.2. The number of hydrogen-bond donors (Lipinski definition) is 2. The molecule has 1 aliphatic rings. The van der Waals surface area contributed by atoms with Crippen molar-refractivity contribution >= 4 is 11.8 Å². The average molecular weight is 456 g/mol. The molecule has 0 atom stereocenters. The number of alkyl halides is 3. The summed E-state index contributed by atoms with van der Waals surface area (Å²) in [5, 5.41) is 5.56. The van der Waals surface area contributed by atoms with Gasteiger partial charge in [-0.05, 0) is 54.8 Å². The lowest BCUT2D eigenvalue weighted by Gasteiger charge is -2.17. The SMILES string of the molecule is O=C(NC1(C(=O)NCc2ccc(Oc3ccc(C(F)(F)F)cc3)cc2)CC1)c1cncnc1. The number of carbonyl (C=O) groups excluding carboxylic acids is 2. The Bertz CT molecular complexity index is 1130. The van der Waals surface area contributed by atoms with Gasteiger partial charge < -0.3 is 15.4 Å². The van der Waals surface area contributed by atoms with Gasteiger partial charge in [0, 0.05) is 18.9 Å². The van der Waals surface area contributed by atoms with Crippen LogP contribution < -0.4 is 15.4 Å². The second-order valence-electron chi connectivity index (χ2n) is 7.61. The second kappa shape index (κ2) is 8.89. The van der Waals surface area contributed by atoms with Crippen molar-refractivity contribution in [2.45, 2.75) is 31.1 Å². The zero-order valence-corrected chi connectivity index (χ0v) is 17.2. The maximum atomic E-state index is 12.6. The number of carbonyl (C=O) groups is 2. The summed E-state index contributed by atoms with van der Waals surface area (Å²) in [4.78, 5) is 32.5. The van der Waals surface area contributed by atoms with E-state index in [4.69, 9.17) is 4.74 Å². The molecule has 0 saturated heterocycles. The lowest BCUT2D eigenvalue weighted by atomic mass is 10.2. The molecular formula is C23H19F3N4O3. The summed E-state index contributed by atoms with van der Waals surface area (Å²) in [5.74, 6) is 0.0333. The Kier molecular flexibility index (Phi) is 5.99. The zero-order valence-electron chi connectivity index (χ0n) is 17.2. The Labute approximate surface area is 187 Å². The van der Waals surface area contributed by atoms with Crippen molar-refractivity contribution in [1.29, 1.82) is 0 Å². The largest absolute Gasteiger partial charge is 0.457 e. The van der Waals surface area contributed by atoms with Crippen LogP contribution in [0.25, 0.3) is 0 Å². The molecule has 1 fully saturated rings. The van der Waals surface area contributed by atoms with Gasteiger partial charge in [0.2, 0.25) is 5.91 Å². The third-order valence-corrected chi connectivity index (χ3v) is 5.15. The summed E-state index contributed by atoms with van der Waals surface area (Å²) < 4.78 is 43.5. The summed E-state index contributed by atoms with van der Waals surface area (Å²) in [5.41, 5.74) is -0.608. The van der Waals surface area contributed by atoms with Crippen molar-refractivity contribution in [3.63, 3.8) is 0 Å². The van der Waals surface area contributed by atoms with E-state index in [1.807, 2.05) is 0 Å². The van der Waals surface area contributed by atoms with E-state index in [2.05, 4.69) is 20.6 Å². The molecule has 4 rings (SSSR count). The first-order valence-electron chi connectivity index (χ1n) is 10.1. The van der Waals surface area contributed by atoms with Gasteiger partial charge in [0.05, 0.1) is 11.1 Å². The summed E-state index contributed by atoms with van der Waals surface area (Å²) >= 11 is 0. The van der Waals surface area contributed by atoms with Crippen molar-refractivity contribution < 1.29 is 27.5 Å². The molecule has 2 N–H and O–H groups in total. The first kappa shape index (κ1) is 22.3. The number of aromatic nitrogens is 2. The van der Waals surface area contributed by atoms with Gasteiger partial charge in [-0.2, -0.15) is 13.2 Å². The Morgan fingerprint density at radius 1 is 0.939 bits per heavy atom. The van der Waals surface area contributed by atoms with E-state index in [1.54, 1.807) is 24.3 Å². The van der Waals surface area contributed by atoms with Crippen molar-refractivity contribution in [2.75, 3.05) is 0 Å². The van der Waals surface area contributed by atoms with Crippen LogP contribution in [-0.4, -0.2) is 27.3 Å². The van der Waals surface area contributed by atoms with Gasteiger partial charge in [-0.1, -0.05) is 12.1 Å². The Morgan fingerprint density at radius 3 is 2.06 bits per heavy atom. The fraction of sp³-hybridized carbons (Fsp3) is 0.217. The molecule has 33 heavy (non-hydrogen) atoms. The quantitative estimate of drug-likeness (QED) is 0.563. The molecule has 170 valence electrons. The number of hydrogen-bond acceptors (Lipinski definition) is 5. The van der Waals surface area contributed by atoms with Crippen LogP contribution in [0.2, 0.25) is 0 Å². The predicted octanol–water partition coefficient (Wildman–Crippen LogP) is 3.87. The monoisotopic (exact) mass is 456 g/mol. The molecule has 1 aliphatic carbocycles.